The minimum Gasteiger partial charge on any atom is -0.241 e. The molecule has 0 N–H and O–H groups in total. The van der Waals surface area contributed by atoms with E-state index in [2.05, 4.69) is 35.9 Å². The minimum atomic E-state index is 0.309. The fourth-order valence-electron chi connectivity index (χ4n) is 1.27. The minimum absolute atomic E-state index is 0.309. The van der Waals surface area contributed by atoms with Crippen molar-refractivity contribution in [3.8, 4) is 0 Å². The van der Waals surface area contributed by atoms with E-state index in [1.54, 1.807) is 17.4 Å². The van der Waals surface area contributed by atoms with Crippen LogP contribution in [0.15, 0.2) is 48.4 Å². The maximum absolute atomic E-state index is 4.46. The predicted molar refractivity (Wildman–Crippen MR) is 62.4 cm³/mol. The lowest BCUT2D eigenvalue weighted by Crippen LogP contribution is -1.89. The summed E-state index contributed by atoms with van der Waals surface area (Å²) in [6.07, 6.45) is 14.2. The molecule has 0 saturated heterocycles. The van der Waals surface area contributed by atoms with E-state index < -0.39 is 0 Å². The maximum atomic E-state index is 4.46. The van der Waals surface area contributed by atoms with Gasteiger partial charge in [0.1, 0.15) is 5.01 Å². The topological polar surface area (TPSA) is 12.9 Å². The maximum Gasteiger partial charge on any atom is 0.104 e. The van der Waals surface area contributed by atoms with Crippen molar-refractivity contribution in [3.05, 3.63) is 59.1 Å². The molecular formula is C12H11NS. The molecule has 0 atom stereocenters. The Labute approximate surface area is 87.8 Å². The van der Waals surface area contributed by atoms with Gasteiger partial charge in [-0.25, -0.2) is 4.98 Å². The third kappa shape index (κ3) is 1.91. The highest BCUT2D eigenvalue weighted by molar-refractivity contribution is 7.09. The van der Waals surface area contributed by atoms with Gasteiger partial charge in [0.05, 0.1) is 5.69 Å². The molecule has 0 spiro atoms. The molecule has 1 nitrogen and oxygen atoms in total. The first-order chi connectivity index (χ1) is 6.90. The largest absolute Gasteiger partial charge is 0.241 e. The van der Waals surface area contributed by atoms with Crippen LogP contribution in [0.5, 0.6) is 0 Å². The van der Waals surface area contributed by atoms with Gasteiger partial charge in [0.15, 0.2) is 0 Å². The van der Waals surface area contributed by atoms with Crippen LogP contribution < -0.4 is 0 Å². The summed E-state index contributed by atoms with van der Waals surface area (Å²) >= 11 is 1.68. The van der Waals surface area contributed by atoms with Crippen molar-refractivity contribution in [2.75, 3.05) is 0 Å². The van der Waals surface area contributed by atoms with Crippen molar-refractivity contribution in [2.45, 2.75) is 5.92 Å². The molecule has 0 saturated carbocycles. The van der Waals surface area contributed by atoms with Crippen molar-refractivity contribution < 1.29 is 0 Å². The van der Waals surface area contributed by atoms with Crippen molar-refractivity contribution >= 4 is 17.4 Å². The Hall–Kier alpha value is -1.41. The number of nitrogens with zero attached hydrogens (tertiary/aromatic N) is 1. The van der Waals surface area contributed by atoms with E-state index in [1.807, 2.05) is 17.5 Å². The lowest BCUT2D eigenvalue weighted by Gasteiger charge is -2.00. The van der Waals surface area contributed by atoms with Crippen LogP contribution >= 0.6 is 11.3 Å². The van der Waals surface area contributed by atoms with E-state index in [4.69, 9.17) is 0 Å². The molecule has 0 fully saturated rings. The fourth-order valence-corrected chi connectivity index (χ4v) is 2.14. The molecule has 0 amide bonds. The SMILES string of the molecule is C=Cc1csc(C2C=CC=CC=C2)n1. The zero-order valence-electron chi connectivity index (χ0n) is 7.76. The quantitative estimate of drug-likeness (QED) is 0.713. The van der Waals surface area contributed by atoms with E-state index in [1.165, 1.54) is 0 Å². The molecule has 1 aromatic rings. The Kier molecular flexibility index (Phi) is 2.75. The zero-order valence-corrected chi connectivity index (χ0v) is 8.58. The van der Waals surface area contributed by atoms with Gasteiger partial charge in [0.25, 0.3) is 0 Å². The van der Waals surface area contributed by atoms with Gasteiger partial charge in [-0.2, -0.15) is 0 Å². The molecule has 0 aromatic carbocycles. The summed E-state index contributed by atoms with van der Waals surface area (Å²) in [7, 11) is 0. The highest BCUT2D eigenvalue weighted by atomic mass is 32.1. The molecule has 0 unspecified atom stereocenters. The first-order valence-corrected chi connectivity index (χ1v) is 5.37. The fraction of sp³-hybridized carbons (Fsp3) is 0.0833. The second-order valence-corrected chi connectivity index (χ2v) is 3.88. The highest BCUT2D eigenvalue weighted by Crippen LogP contribution is 2.24. The molecule has 0 bridgehead atoms. The van der Waals surface area contributed by atoms with Crippen LogP contribution in [-0.2, 0) is 0 Å². The van der Waals surface area contributed by atoms with Crippen molar-refractivity contribution in [2.24, 2.45) is 0 Å². The van der Waals surface area contributed by atoms with Crippen molar-refractivity contribution in [3.63, 3.8) is 0 Å². The number of hydrogen-bond donors (Lipinski definition) is 0. The van der Waals surface area contributed by atoms with Crippen LogP contribution in [0.1, 0.15) is 16.6 Å². The van der Waals surface area contributed by atoms with E-state index in [0.29, 0.717) is 5.92 Å². The van der Waals surface area contributed by atoms with Crippen molar-refractivity contribution in [1.29, 1.82) is 0 Å². The smallest absolute Gasteiger partial charge is 0.104 e. The number of hydrogen-bond acceptors (Lipinski definition) is 2. The molecule has 1 aliphatic rings. The van der Waals surface area contributed by atoms with E-state index >= 15 is 0 Å². The summed E-state index contributed by atoms with van der Waals surface area (Å²) in [5, 5.41) is 3.15. The molecule has 1 aliphatic carbocycles. The molecule has 0 aliphatic heterocycles. The van der Waals surface area contributed by atoms with Gasteiger partial charge in [-0.05, 0) is 6.08 Å². The van der Waals surface area contributed by atoms with E-state index in [0.717, 1.165) is 10.7 Å². The van der Waals surface area contributed by atoms with E-state index in [-0.39, 0.29) is 0 Å². The molecule has 1 heterocycles. The zero-order chi connectivity index (χ0) is 9.80. The molecular weight excluding hydrogens is 190 g/mol. The monoisotopic (exact) mass is 201 g/mol. The molecule has 0 radical (unpaired) electrons. The Morgan fingerprint density at radius 2 is 1.93 bits per heavy atom. The summed E-state index contributed by atoms with van der Waals surface area (Å²) in [5.74, 6) is 0.309. The standard InChI is InChI=1S/C12H11NS/c1-2-11-9-14-12(13-11)10-7-5-3-4-6-8-10/h2-10H,1H2. The number of rotatable bonds is 2. The summed E-state index contributed by atoms with van der Waals surface area (Å²) < 4.78 is 0. The van der Waals surface area contributed by atoms with Crippen LogP contribution in [-0.4, -0.2) is 4.98 Å². The molecule has 70 valence electrons. The van der Waals surface area contributed by atoms with Crippen molar-refractivity contribution in [1.82, 2.24) is 4.98 Å². The summed E-state index contributed by atoms with van der Waals surface area (Å²) in [6, 6.07) is 0. The molecule has 14 heavy (non-hydrogen) atoms. The Morgan fingerprint density at radius 3 is 2.50 bits per heavy atom. The highest BCUT2D eigenvalue weighted by Gasteiger charge is 2.08. The van der Waals surface area contributed by atoms with Gasteiger partial charge in [-0.3, -0.25) is 0 Å². The Balaban J connectivity index is 2.26. The summed E-state index contributed by atoms with van der Waals surface area (Å²) in [5.41, 5.74) is 0.962. The Bertz CT molecular complexity index is 394. The van der Waals surface area contributed by atoms with Crippen LogP contribution in [0.25, 0.3) is 6.08 Å². The third-order valence-electron chi connectivity index (χ3n) is 2.00. The van der Waals surface area contributed by atoms with Gasteiger partial charge in [-0.1, -0.05) is 43.0 Å². The van der Waals surface area contributed by atoms with Gasteiger partial charge in [-0.15, -0.1) is 11.3 Å². The lowest BCUT2D eigenvalue weighted by molar-refractivity contribution is 1.04. The normalized spacial score (nSPS) is 15.7. The van der Waals surface area contributed by atoms with Gasteiger partial charge < -0.3 is 0 Å². The molecule has 1 aromatic heterocycles. The average molecular weight is 201 g/mol. The number of aromatic nitrogens is 1. The summed E-state index contributed by atoms with van der Waals surface area (Å²) in [4.78, 5) is 4.46. The summed E-state index contributed by atoms with van der Waals surface area (Å²) in [6.45, 7) is 3.70. The van der Waals surface area contributed by atoms with Crippen LogP contribution in [0, 0.1) is 0 Å². The van der Waals surface area contributed by atoms with E-state index in [9.17, 15) is 0 Å². The van der Waals surface area contributed by atoms with Gasteiger partial charge in [0, 0.05) is 11.3 Å². The van der Waals surface area contributed by atoms with Gasteiger partial charge >= 0.3 is 0 Å². The second-order valence-electron chi connectivity index (χ2n) is 3.00. The first-order valence-electron chi connectivity index (χ1n) is 4.49. The third-order valence-corrected chi connectivity index (χ3v) is 2.97. The average Bonchev–Trinajstić information content (AvgIpc) is 2.53. The van der Waals surface area contributed by atoms with Gasteiger partial charge in [0.2, 0.25) is 0 Å². The van der Waals surface area contributed by atoms with Crippen LogP contribution in [0.2, 0.25) is 0 Å². The predicted octanol–water partition coefficient (Wildman–Crippen LogP) is 3.55. The number of thiazole rings is 1. The molecule has 2 rings (SSSR count). The number of allylic oxidation sites excluding steroid dienone is 6. The van der Waals surface area contributed by atoms with Crippen LogP contribution in [0.4, 0.5) is 0 Å². The second kappa shape index (κ2) is 4.20. The first kappa shape index (κ1) is 9.16. The lowest BCUT2D eigenvalue weighted by atomic mass is 10.1. The molecule has 2 heteroatoms. The Morgan fingerprint density at radius 1 is 1.21 bits per heavy atom. The van der Waals surface area contributed by atoms with Crippen LogP contribution in [0.3, 0.4) is 0 Å².